The highest BCUT2D eigenvalue weighted by Crippen LogP contribution is 2.03. The molecule has 0 saturated heterocycles. The lowest BCUT2D eigenvalue weighted by Gasteiger charge is -2.19. The third-order valence-corrected chi connectivity index (χ3v) is 2.49. The quantitative estimate of drug-likeness (QED) is 0.434. The molecule has 0 heterocycles. The molecule has 6 heteroatoms. The molecular weight excluding hydrogens is 207 g/mol. The first-order chi connectivity index (χ1) is 7.52. The second kappa shape index (κ2) is 8.55. The molecule has 94 valence electrons. The van der Waals surface area contributed by atoms with Crippen LogP contribution in [0.2, 0.25) is 0 Å². The predicted molar refractivity (Wildman–Crippen MR) is 64.5 cm³/mol. The van der Waals surface area contributed by atoms with Gasteiger partial charge in [-0.15, -0.1) is 0 Å². The highest BCUT2D eigenvalue weighted by molar-refractivity contribution is 6.43. The first kappa shape index (κ1) is 15.4. The topological polar surface area (TPSA) is 95.6 Å². The van der Waals surface area contributed by atoms with Gasteiger partial charge in [0, 0.05) is 0 Å². The molecule has 0 fully saturated rings. The Morgan fingerprint density at radius 1 is 1.31 bits per heavy atom. The maximum atomic E-state index is 11.6. The molecule has 0 aromatic rings. The van der Waals surface area contributed by atoms with Crippen LogP contribution in [0, 0.1) is 0 Å². The van der Waals surface area contributed by atoms with Gasteiger partial charge in [-0.05, 0) is 12.8 Å². The van der Waals surface area contributed by atoms with Crippen LogP contribution in [-0.2, 0) is 4.79 Å². The summed E-state index contributed by atoms with van der Waals surface area (Å²) in [5, 5.41) is 20.8. The molecule has 16 heavy (non-hydrogen) atoms. The van der Waals surface area contributed by atoms with Crippen molar-refractivity contribution in [1.82, 2.24) is 5.32 Å². The number of carbonyl (C=O) groups is 1. The lowest BCUT2D eigenvalue weighted by atomic mass is 9.76. The molecule has 5 N–H and O–H groups in total. The van der Waals surface area contributed by atoms with Crippen molar-refractivity contribution in [2.45, 2.75) is 57.9 Å². The van der Waals surface area contributed by atoms with Crippen LogP contribution in [0.25, 0.3) is 0 Å². The molecule has 0 rings (SSSR count). The molecule has 0 spiro atoms. The number of hydrogen-bond acceptors (Lipinski definition) is 4. The van der Waals surface area contributed by atoms with E-state index < -0.39 is 19.1 Å². The monoisotopic (exact) mass is 230 g/mol. The van der Waals surface area contributed by atoms with Crippen molar-refractivity contribution in [3.05, 3.63) is 0 Å². The van der Waals surface area contributed by atoms with Crippen molar-refractivity contribution < 1.29 is 14.8 Å². The van der Waals surface area contributed by atoms with Gasteiger partial charge in [-0.3, -0.25) is 4.79 Å². The minimum absolute atomic E-state index is 0.309. The highest BCUT2D eigenvalue weighted by atomic mass is 16.4. The van der Waals surface area contributed by atoms with Crippen LogP contribution in [0.4, 0.5) is 0 Å². The fourth-order valence-electron chi connectivity index (χ4n) is 1.45. The van der Waals surface area contributed by atoms with Crippen molar-refractivity contribution in [3.63, 3.8) is 0 Å². The van der Waals surface area contributed by atoms with E-state index in [0.29, 0.717) is 12.8 Å². The van der Waals surface area contributed by atoms with E-state index in [4.69, 9.17) is 15.8 Å². The first-order valence-electron chi connectivity index (χ1n) is 5.95. The lowest BCUT2D eigenvalue weighted by Crippen LogP contribution is -2.51. The summed E-state index contributed by atoms with van der Waals surface area (Å²) in [5.41, 5.74) is 5.63. The zero-order valence-corrected chi connectivity index (χ0v) is 10.1. The molecule has 0 bridgehead atoms. The third-order valence-electron chi connectivity index (χ3n) is 2.49. The van der Waals surface area contributed by atoms with Crippen molar-refractivity contribution in [2.24, 2.45) is 5.73 Å². The number of nitrogens with two attached hydrogens (primary N) is 1. The number of amides is 1. The molecule has 0 aliphatic heterocycles. The fourth-order valence-corrected chi connectivity index (χ4v) is 1.45. The van der Waals surface area contributed by atoms with Crippen molar-refractivity contribution in [2.75, 3.05) is 0 Å². The largest absolute Gasteiger partial charge is 0.475 e. The molecule has 0 aromatic heterocycles. The van der Waals surface area contributed by atoms with E-state index in [1.54, 1.807) is 0 Å². The summed E-state index contributed by atoms with van der Waals surface area (Å²) in [7, 11) is -1.52. The predicted octanol–water partition coefficient (Wildman–Crippen LogP) is -0.199. The van der Waals surface area contributed by atoms with Crippen LogP contribution in [0.1, 0.15) is 46.0 Å². The first-order valence-corrected chi connectivity index (χ1v) is 5.95. The molecular formula is C10H23BN2O3. The Kier molecular flexibility index (Phi) is 8.24. The van der Waals surface area contributed by atoms with Gasteiger partial charge < -0.3 is 21.1 Å². The minimum Gasteiger partial charge on any atom is -0.426 e. The van der Waals surface area contributed by atoms with Crippen LogP contribution in [0.5, 0.6) is 0 Å². The second-order valence-corrected chi connectivity index (χ2v) is 4.07. The number of nitrogens with one attached hydrogen (secondary N) is 1. The minimum atomic E-state index is -1.52. The maximum absolute atomic E-state index is 11.6. The van der Waals surface area contributed by atoms with Gasteiger partial charge in [-0.1, -0.05) is 33.1 Å². The van der Waals surface area contributed by atoms with Crippen LogP contribution in [0.15, 0.2) is 0 Å². The molecule has 2 atom stereocenters. The lowest BCUT2D eigenvalue weighted by molar-refractivity contribution is -0.122. The summed E-state index contributed by atoms with van der Waals surface area (Å²) in [5.74, 6) is -0.925. The summed E-state index contributed by atoms with van der Waals surface area (Å²) in [6.45, 7) is 3.95. The van der Waals surface area contributed by atoms with Crippen molar-refractivity contribution in [1.29, 1.82) is 0 Å². The van der Waals surface area contributed by atoms with E-state index in [2.05, 4.69) is 5.32 Å². The van der Waals surface area contributed by atoms with Crippen LogP contribution < -0.4 is 11.1 Å². The summed E-state index contributed by atoms with van der Waals surface area (Å²) < 4.78 is 0. The van der Waals surface area contributed by atoms with Gasteiger partial charge in [0.15, 0.2) is 0 Å². The van der Waals surface area contributed by atoms with Gasteiger partial charge in [-0.25, -0.2) is 0 Å². The smallest absolute Gasteiger partial charge is 0.426 e. The molecule has 0 aliphatic carbocycles. The van der Waals surface area contributed by atoms with Gasteiger partial charge in [0.2, 0.25) is 5.91 Å². The van der Waals surface area contributed by atoms with Gasteiger partial charge in [0.05, 0.1) is 12.0 Å². The molecule has 0 radical (unpaired) electrons. The standard InChI is InChI=1S/C10H23BN2O3/c1-3-5-7-9(11(15)16)13-10(14)8(12)6-4-2/h8-9,15-16H,3-7,12H2,1-2H3,(H,13,14)/t8-,9+/m0/s1. The van der Waals surface area contributed by atoms with E-state index in [9.17, 15) is 4.79 Å². The Morgan fingerprint density at radius 2 is 1.94 bits per heavy atom. The maximum Gasteiger partial charge on any atom is 0.475 e. The van der Waals surface area contributed by atoms with E-state index in [0.717, 1.165) is 19.3 Å². The van der Waals surface area contributed by atoms with Crippen molar-refractivity contribution in [3.8, 4) is 0 Å². The molecule has 0 aliphatic rings. The van der Waals surface area contributed by atoms with E-state index in [1.807, 2.05) is 13.8 Å². The zero-order chi connectivity index (χ0) is 12.6. The van der Waals surface area contributed by atoms with E-state index in [1.165, 1.54) is 0 Å². The normalized spacial score (nSPS) is 14.3. The summed E-state index contributed by atoms with van der Waals surface area (Å²) in [4.78, 5) is 11.6. The highest BCUT2D eigenvalue weighted by Gasteiger charge is 2.26. The Morgan fingerprint density at radius 3 is 2.38 bits per heavy atom. The second-order valence-electron chi connectivity index (χ2n) is 4.07. The van der Waals surface area contributed by atoms with Gasteiger partial charge in [0.1, 0.15) is 0 Å². The SMILES string of the molecule is CCCC[C@@H](NC(=O)[C@@H](N)CCC)B(O)O. The molecule has 0 aromatic carbocycles. The molecule has 0 saturated carbocycles. The number of hydrogen-bond donors (Lipinski definition) is 4. The summed E-state index contributed by atoms with van der Waals surface area (Å²) in [6.07, 6.45) is 3.77. The van der Waals surface area contributed by atoms with Gasteiger partial charge >= 0.3 is 7.12 Å². The summed E-state index contributed by atoms with van der Waals surface area (Å²) in [6, 6.07) is -0.562. The van der Waals surface area contributed by atoms with Crippen LogP contribution in [-0.4, -0.2) is 35.1 Å². The third kappa shape index (κ3) is 6.10. The fraction of sp³-hybridized carbons (Fsp3) is 0.900. The van der Waals surface area contributed by atoms with Crippen LogP contribution >= 0.6 is 0 Å². The zero-order valence-electron chi connectivity index (χ0n) is 10.1. The average Bonchev–Trinajstić information content (AvgIpc) is 2.23. The van der Waals surface area contributed by atoms with Gasteiger partial charge in [0.25, 0.3) is 0 Å². The number of unbranched alkanes of at least 4 members (excludes halogenated alkanes) is 1. The Labute approximate surface area is 97.6 Å². The Bertz CT molecular complexity index is 203. The Balaban J connectivity index is 4.11. The van der Waals surface area contributed by atoms with Gasteiger partial charge in [-0.2, -0.15) is 0 Å². The van der Waals surface area contributed by atoms with Crippen LogP contribution in [0.3, 0.4) is 0 Å². The average molecular weight is 230 g/mol. The van der Waals surface area contributed by atoms with Crippen molar-refractivity contribution >= 4 is 13.0 Å². The van der Waals surface area contributed by atoms with E-state index in [-0.39, 0.29) is 5.91 Å². The molecule has 5 nitrogen and oxygen atoms in total. The molecule has 0 unspecified atom stereocenters. The molecule has 1 amide bonds. The summed E-state index contributed by atoms with van der Waals surface area (Å²) >= 11 is 0. The number of carbonyl (C=O) groups excluding carboxylic acids is 1. The van der Waals surface area contributed by atoms with E-state index >= 15 is 0 Å². The number of rotatable bonds is 8. The Hall–Kier alpha value is -0.585.